The second-order valence-corrected chi connectivity index (χ2v) is 6.58. The molecule has 1 aromatic carbocycles. The lowest BCUT2D eigenvalue weighted by Crippen LogP contribution is -2.52. The van der Waals surface area contributed by atoms with Crippen LogP contribution in [0.5, 0.6) is 5.75 Å². The van der Waals surface area contributed by atoms with Crippen molar-refractivity contribution in [3.05, 3.63) is 29.8 Å². The predicted octanol–water partition coefficient (Wildman–Crippen LogP) is 2.27. The van der Waals surface area contributed by atoms with Crippen LogP contribution in [0, 0.1) is 5.41 Å². The standard InChI is InChI=1S/C17H28N2O2/c1-17(2)13-19(9-8-16(17)18)12-14-4-6-15(7-5-14)21-11-10-20-3/h4-7,16H,8-13,18H2,1-3H3. The molecule has 1 fully saturated rings. The lowest BCUT2D eigenvalue weighted by Gasteiger charge is -2.42. The highest BCUT2D eigenvalue weighted by Gasteiger charge is 2.33. The lowest BCUT2D eigenvalue weighted by molar-refractivity contribution is 0.0898. The molecule has 118 valence electrons. The van der Waals surface area contributed by atoms with Crippen LogP contribution in [0.1, 0.15) is 25.8 Å². The summed E-state index contributed by atoms with van der Waals surface area (Å²) in [6.07, 6.45) is 1.07. The maximum Gasteiger partial charge on any atom is 0.119 e. The summed E-state index contributed by atoms with van der Waals surface area (Å²) in [6.45, 7) is 8.84. The van der Waals surface area contributed by atoms with Crippen molar-refractivity contribution >= 4 is 0 Å². The first kappa shape index (κ1) is 16.3. The Morgan fingerprint density at radius 2 is 1.95 bits per heavy atom. The molecule has 1 aliphatic rings. The topological polar surface area (TPSA) is 47.7 Å². The van der Waals surface area contributed by atoms with E-state index in [1.807, 2.05) is 12.1 Å². The molecular formula is C17H28N2O2. The number of hydrogen-bond donors (Lipinski definition) is 1. The highest BCUT2D eigenvalue weighted by Crippen LogP contribution is 2.28. The van der Waals surface area contributed by atoms with Crippen LogP contribution < -0.4 is 10.5 Å². The molecule has 1 unspecified atom stereocenters. The van der Waals surface area contributed by atoms with E-state index in [1.165, 1.54) is 5.56 Å². The number of ether oxygens (including phenoxy) is 2. The van der Waals surface area contributed by atoms with Gasteiger partial charge in [-0.15, -0.1) is 0 Å². The van der Waals surface area contributed by atoms with Crippen LogP contribution in [0.25, 0.3) is 0 Å². The smallest absolute Gasteiger partial charge is 0.119 e. The van der Waals surface area contributed by atoms with Gasteiger partial charge in [0.2, 0.25) is 0 Å². The van der Waals surface area contributed by atoms with Crippen molar-refractivity contribution in [3.8, 4) is 5.75 Å². The fourth-order valence-electron chi connectivity index (χ4n) is 2.81. The maximum atomic E-state index is 6.19. The van der Waals surface area contributed by atoms with Crippen molar-refractivity contribution < 1.29 is 9.47 Å². The first-order valence-corrected chi connectivity index (χ1v) is 7.70. The third-order valence-corrected chi connectivity index (χ3v) is 4.28. The van der Waals surface area contributed by atoms with Gasteiger partial charge in [-0.05, 0) is 29.5 Å². The second kappa shape index (κ2) is 7.25. The Bertz CT molecular complexity index is 431. The molecule has 1 aromatic rings. The zero-order valence-corrected chi connectivity index (χ0v) is 13.5. The minimum absolute atomic E-state index is 0.196. The number of hydrogen-bond acceptors (Lipinski definition) is 4. The van der Waals surface area contributed by atoms with E-state index < -0.39 is 0 Å². The Morgan fingerprint density at radius 3 is 2.57 bits per heavy atom. The Morgan fingerprint density at radius 1 is 1.24 bits per heavy atom. The predicted molar refractivity (Wildman–Crippen MR) is 85.5 cm³/mol. The number of nitrogens with two attached hydrogens (primary N) is 1. The van der Waals surface area contributed by atoms with E-state index in [-0.39, 0.29) is 5.41 Å². The van der Waals surface area contributed by atoms with Gasteiger partial charge in [0.25, 0.3) is 0 Å². The number of rotatable bonds is 6. The highest BCUT2D eigenvalue weighted by atomic mass is 16.5. The molecule has 1 saturated heterocycles. The molecule has 0 aromatic heterocycles. The van der Waals surface area contributed by atoms with Crippen LogP contribution >= 0.6 is 0 Å². The molecule has 4 nitrogen and oxygen atoms in total. The normalized spacial score (nSPS) is 22.2. The summed E-state index contributed by atoms with van der Waals surface area (Å²) in [6, 6.07) is 8.66. The van der Waals surface area contributed by atoms with Gasteiger partial charge >= 0.3 is 0 Å². The molecule has 2 N–H and O–H groups in total. The summed E-state index contributed by atoms with van der Waals surface area (Å²) >= 11 is 0. The van der Waals surface area contributed by atoms with E-state index in [1.54, 1.807) is 7.11 Å². The fraction of sp³-hybridized carbons (Fsp3) is 0.647. The zero-order chi connectivity index (χ0) is 15.3. The Balaban J connectivity index is 1.86. The number of likely N-dealkylation sites (tertiary alicyclic amines) is 1. The van der Waals surface area contributed by atoms with Crippen molar-refractivity contribution in [1.82, 2.24) is 4.90 Å². The van der Waals surface area contributed by atoms with Gasteiger partial charge in [-0.25, -0.2) is 0 Å². The molecule has 0 spiro atoms. The zero-order valence-electron chi connectivity index (χ0n) is 13.5. The molecule has 0 saturated carbocycles. The minimum Gasteiger partial charge on any atom is -0.491 e. The van der Waals surface area contributed by atoms with Crippen molar-refractivity contribution in [2.75, 3.05) is 33.4 Å². The van der Waals surface area contributed by atoms with Crippen molar-refractivity contribution in [1.29, 1.82) is 0 Å². The number of nitrogens with zero attached hydrogens (tertiary/aromatic N) is 1. The van der Waals surface area contributed by atoms with Gasteiger partial charge in [-0.2, -0.15) is 0 Å². The number of benzene rings is 1. The first-order valence-electron chi connectivity index (χ1n) is 7.70. The second-order valence-electron chi connectivity index (χ2n) is 6.58. The molecular weight excluding hydrogens is 264 g/mol. The van der Waals surface area contributed by atoms with Crippen LogP contribution in [0.4, 0.5) is 0 Å². The quantitative estimate of drug-likeness (QED) is 0.817. The minimum atomic E-state index is 0.196. The van der Waals surface area contributed by atoms with Crippen LogP contribution in [-0.2, 0) is 11.3 Å². The molecule has 0 aliphatic carbocycles. The monoisotopic (exact) mass is 292 g/mol. The SMILES string of the molecule is COCCOc1ccc(CN2CCC(N)C(C)(C)C2)cc1. The third-order valence-electron chi connectivity index (χ3n) is 4.28. The fourth-order valence-corrected chi connectivity index (χ4v) is 2.81. The van der Waals surface area contributed by atoms with E-state index in [9.17, 15) is 0 Å². The van der Waals surface area contributed by atoms with Crippen LogP contribution in [0.15, 0.2) is 24.3 Å². The number of methoxy groups -OCH3 is 1. The van der Waals surface area contributed by atoms with Gasteiger partial charge in [-0.1, -0.05) is 26.0 Å². The third kappa shape index (κ3) is 4.70. The Kier molecular flexibility index (Phi) is 5.62. The average Bonchev–Trinajstić information content (AvgIpc) is 2.45. The summed E-state index contributed by atoms with van der Waals surface area (Å²) < 4.78 is 10.6. The number of piperidine rings is 1. The van der Waals surface area contributed by atoms with Gasteiger partial charge in [0.1, 0.15) is 12.4 Å². The summed E-state index contributed by atoms with van der Waals surface area (Å²) in [7, 11) is 1.68. The summed E-state index contributed by atoms with van der Waals surface area (Å²) in [5, 5.41) is 0. The maximum absolute atomic E-state index is 6.19. The summed E-state index contributed by atoms with van der Waals surface area (Å²) in [5.41, 5.74) is 7.71. The largest absolute Gasteiger partial charge is 0.491 e. The Labute approximate surface area is 128 Å². The average molecular weight is 292 g/mol. The Hall–Kier alpha value is -1.10. The molecule has 2 rings (SSSR count). The lowest BCUT2D eigenvalue weighted by atomic mass is 9.79. The van der Waals surface area contributed by atoms with Crippen LogP contribution in [0.2, 0.25) is 0 Å². The molecule has 4 heteroatoms. The van der Waals surface area contributed by atoms with E-state index in [4.69, 9.17) is 15.2 Å². The van der Waals surface area contributed by atoms with Crippen molar-refractivity contribution in [3.63, 3.8) is 0 Å². The van der Waals surface area contributed by atoms with E-state index in [2.05, 4.69) is 30.9 Å². The molecule has 0 radical (unpaired) electrons. The first-order chi connectivity index (χ1) is 10.0. The molecule has 1 aliphatic heterocycles. The van der Waals surface area contributed by atoms with E-state index >= 15 is 0 Å². The molecule has 1 atom stereocenters. The van der Waals surface area contributed by atoms with Gasteiger partial charge in [0, 0.05) is 32.8 Å². The van der Waals surface area contributed by atoms with Crippen molar-refractivity contribution in [2.24, 2.45) is 11.1 Å². The molecule has 1 heterocycles. The van der Waals surface area contributed by atoms with Gasteiger partial charge in [-0.3, -0.25) is 4.90 Å². The van der Waals surface area contributed by atoms with E-state index in [0.717, 1.165) is 31.8 Å². The van der Waals surface area contributed by atoms with Crippen molar-refractivity contribution in [2.45, 2.75) is 32.9 Å². The van der Waals surface area contributed by atoms with E-state index in [0.29, 0.717) is 19.3 Å². The van der Waals surface area contributed by atoms with Gasteiger partial charge in [0.05, 0.1) is 6.61 Å². The van der Waals surface area contributed by atoms with Crippen LogP contribution in [0.3, 0.4) is 0 Å². The van der Waals surface area contributed by atoms with Gasteiger partial charge < -0.3 is 15.2 Å². The summed E-state index contributed by atoms with van der Waals surface area (Å²) in [5.74, 6) is 0.900. The van der Waals surface area contributed by atoms with Gasteiger partial charge in [0.15, 0.2) is 0 Å². The molecule has 21 heavy (non-hydrogen) atoms. The molecule has 0 amide bonds. The highest BCUT2D eigenvalue weighted by molar-refractivity contribution is 5.27. The molecule has 0 bridgehead atoms. The van der Waals surface area contributed by atoms with Crippen LogP contribution in [-0.4, -0.2) is 44.4 Å². The summed E-state index contributed by atoms with van der Waals surface area (Å²) in [4.78, 5) is 2.49.